The molecule has 0 aliphatic carbocycles. The van der Waals surface area contributed by atoms with Crippen LogP contribution in [0.25, 0.3) is 0 Å². The predicted molar refractivity (Wildman–Crippen MR) is 78.1 cm³/mol. The first-order valence-corrected chi connectivity index (χ1v) is 7.67. The van der Waals surface area contributed by atoms with E-state index in [4.69, 9.17) is 0 Å². The van der Waals surface area contributed by atoms with E-state index >= 15 is 0 Å². The lowest BCUT2D eigenvalue weighted by Gasteiger charge is -2.35. The van der Waals surface area contributed by atoms with Gasteiger partial charge in [-0.05, 0) is 12.3 Å². The first-order valence-electron chi connectivity index (χ1n) is 6.79. The van der Waals surface area contributed by atoms with E-state index in [0.29, 0.717) is 24.7 Å². The molecular weight excluding hydrogens is 278 g/mol. The number of amides is 1. The highest BCUT2D eigenvalue weighted by atomic mass is 32.1. The highest BCUT2D eigenvalue weighted by Crippen LogP contribution is 2.25. The van der Waals surface area contributed by atoms with E-state index in [1.165, 1.54) is 11.3 Å². The van der Waals surface area contributed by atoms with Crippen LogP contribution in [0.4, 0.5) is 5.13 Å². The number of anilines is 1. The molecule has 0 aromatic carbocycles. The van der Waals surface area contributed by atoms with Crippen LogP contribution in [0, 0.1) is 5.92 Å². The van der Waals surface area contributed by atoms with Gasteiger partial charge in [0, 0.05) is 18.5 Å². The number of β-amino-alcohol motifs (C(OH)–C–C–N with tert-alkyl or cyclic N) is 1. The van der Waals surface area contributed by atoms with Crippen molar-refractivity contribution < 1.29 is 15.0 Å². The van der Waals surface area contributed by atoms with E-state index in [-0.39, 0.29) is 24.7 Å². The van der Waals surface area contributed by atoms with Crippen molar-refractivity contribution >= 4 is 22.4 Å². The van der Waals surface area contributed by atoms with Gasteiger partial charge in [-0.1, -0.05) is 13.8 Å². The lowest BCUT2D eigenvalue weighted by molar-refractivity contribution is 0.0904. The summed E-state index contributed by atoms with van der Waals surface area (Å²) in [6.07, 6.45) is 0.443. The van der Waals surface area contributed by atoms with Gasteiger partial charge >= 0.3 is 0 Å². The van der Waals surface area contributed by atoms with E-state index in [9.17, 15) is 15.0 Å². The summed E-state index contributed by atoms with van der Waals surface area (Å²) in [6.45, 7) is 5.16. The highest BCUT2D eigenvalue weighted by Gasteiger charge is 2.27. The van der Waals surface area contributed by atoms with Gasteiger partial charge < -0.3 is 20.4 Å². The summed E-state index contributed by atoms with van der Waals surface area (Å²) in [4.78, 5) is 18.3. The third-order valence-electron chi connectivity index (χ3n) is 3.17. The zero-order valence-corrected chi connectivity index (χ0v) is 12.6. The molecule has 1 atom stereocenters. The van der Waals surface area contributed by atoms with Crippen molar-refractivity contribution in [1.82, 2.24) is 10.3 Å². The molecule has 6 nitrogen and oxygen atoms in total. The van der Waals surface area contributed by atoms with Gasteiger partial charge in [-0.2, -0.15) is 0 Å². The number of aromatic nitrogens is 1. The van der Waals surface area contributed by atoms with Crippen LogP contribution < -0.4 is 10.2 Å². The molecule has 20 heavy (non-hydrogen) atoms. The molecule has 1 aromatic heterocycles. The van der Waals surface area contributed by atoms with Crippen molar-refractivity contribution in [2.24, 2.45) is 5.92 Å². The van der Waals surface area contributed by atoms with Gasteiger partial charge in [-0.25, -0.2) is 4.98 Å². The number of thiazole rings is 1. The zero-order valence-electron chi connectivity index (χ0n) is 11.7. The largest absolute Gasteiger partial charge is 0.394 e. The Labute approximate surface area is 122 Å². The molecule has 0 spiro atoms. The second-order valence-corrected chi connectivity index (χ2v) is 6.39. The number of nitrogens with zero attached hydrogens (tertiary/aromatic N) is 2. The Morgan fingerprint density at radius 2 is 2.30 bits per heavy atom. The Balaban J connectivity index is 1.92. The molecule has 3 N–H and O–H groups in total. The molecule has 1 aliphatic rings. The Bertz CT molecular complexity index is 457. The topological polar surface area (TPSA) is 85.7 Å². The van der Waals surface area contributed by atoms with Gasteiger partial charge in [0.1, 0.15) is 5.69 Å². The molecule has 0 saturated carbocycles. The molecule has 1 aliphatic heterocycles. The van der Waals surface area contributed by atoms with Crippen LogP contribution in [0.1, 0.15) is 30.8 Å². The van der Waals surface area contributed by atoms with E-state index in [0.717, 1.165) is 11.6 Å². The maximum absolute atomic E-state index is 12.1. The Morgan fingerprint density at radius 1 is 1.60 bits per heavy atom. The first kappa shape index (κ1) is 15.2. The highest BCUT2D eigenvalue weighted by molar-refractivity contribution is 7.14. The monoisotopic (exact) mass is 299 g/mol. The second kappa shape index (κ2) is 6.51. The van der Waals surface area contributed by atoms with Crippen LogP contribution in [0.5, 0.6) is 0 Å². The average molecular weight is 299 g/mol. The molecular formula is C13H21N3O3S. The molecule has 2 rings (SSSR count). The van der Waals surface area contributed by atoms with Gasteiger partial charge in [-0.15, -0.1) is 11.3 Å². The molecule has 0 bridgehead atoms. The summed E-state index contributed by atoms with van der Waals surface area (Å²) in [5, 5.41) is 23.8. The average Bonchev–Trinajstić information content (AvgIpc) is 2.82. The minimum Gasteiger partial charge on any atom is -0.394 e. The minimum atomic E-state index is -0.291. The Kier molecular flexibility index (Phi) is 4.95. The normalized spacial score (nSPS) is 17.1. The number of carbonyl (C=O) groups is 1. The number of aliphatic hydroxyl groups excluding tert-OH is 2. The number of hydrogen-bond donors (Lipinski definition) is 3. The van der Waals surface area contributed by atoms with E-state index in [2.05, 4.69) is 10.3 Å². The van der Waals surface area contributed by atoms with E-state index in [1.54, 1.807) is 5.38 Å². The molecule has 1 aromatic rings. The third-order valence-corrected chi connectivity index (χ3v) is 4.07. The van der Waals surface area contributed by atoms with Crippen LogP contribution in [0.15, 0.2) is 5.38 Å². The minimum absolute atomic E-state index is 0.0702. The van der Waals surface area contributed by atoms with Gasteiger partial charge in [0.15, 0.2) is 5.13 Å². The van der Waals surface area contributed by atoms with E-state index < -0.39 is 0 Å². The van der Waals surface area contributed by atoms with Gasteiger partial charge in [0.05, 0.1) is 18.8 Å². The number of hydrogen-bond acceptors (Lipinski definition) is 6. The number of nitrogens with one attached hydrogen (secondary N) is 1. The van der Waals surface area contributed by atoms with Gasteiger partial charge in [0.25, 0.3) is 5.91 Å². The molecule has 1 amide bonds. The van der Waals surface area contributed by atoms with Crippen LogP contribution >= 0.6 is 11.3 Å². The summed E-state index contributed by atoms with van der Waals surface area (Å²) in [7, 11) is 0. The number of aliphatic hydroxyl groups is 2. The van der Waals surface area contributed by atoms with Crippen molar-refractivity contribution in [3.63, 3.8) is 0 Å². The van der Waals surface area contributed by atoms with Crippen LogP contribution in [0.3, 0.4) is 0 Å². The summed E-state index contributed by atoms with van der Waals surface area (Å²) < 4.78 is 0. The lowest BCUT2D eigenvalue weighted by atomic mass is 10.0. The zero-order chi connectivity index (χ0) is 14.7. The SMILES string of the molecule is CC(C)CC(CO)NC(=O)c1csc(N2CC(O)C2)n1. The molecule has 1 unspecified atom stereocenters. The maximum Gasteiger partial charge on any atom is 0.271 e. The molecule has 0 radical (unpaired) electrons. The summed E-state index contributed by atoms with van der Waals surface area (Å²) >= 11 is 1.39. The van der Waals surface area contributed by atoms with Crippen LogP contribution in [-0.4, -0.2) is 52.9 Å². The van der Waals surface area contributed by atoms with Crippen molar-refractivity contribution in [2.45, 2.75) is 32.4 Å². The summed E-state index contributed by atoms with van der Waals surface area (Å²) in [6, 6.07) is -0.238. The fourth-order valence-electron chi connectivity index (χ4n) is 2.13. The second-order valence-electron chi connectivity index (χ2n) is 5.56. The van der Waals surface area contributed by atoms with Gasteiger partial charge in [-0.3, -0.25) is 4.79 Å². The first-order chi connectivity index (χ1) is 9.49. The quantitative estimate of drug-likeness (QED) is 0.710. The molecule has 1 fully saturated rings. The van der Waals surface area contributed by atoms with Crippen LogP contribution in [0.2, 0.25) is 0 Å². The lowest BCUT2D eigenvalue weighted by Crippen LogP contribution is -2.50. The Hall–Kier alpha value is -1.18. The number of carbonyl (C=O) groups excluding carboxylic acids is 1. The fourth-order valence-corrected chi connectivity index (χ4v) is 2.96. The Morgan fingerprint density at radius 3 is 2.85 bits per heavy atom. The van der Waals surface area contributed by atoms with Crippen molar-refractivity contribution in [2.75, 3.05) is 24.6 Å². The van der Waals surface area contributed by atoms with Crippen molar-refractivity contribution in [3.05, 3.63) is 11.1 Å². The molecule has 2 heterocycles. The van der Waals surface area contributed by atoms with Crippen molar-refractivity contribution in [1.29, 1.82) is 0 Å². The van der Waals surface area contributed by atoms with E-state index in [1.807, 2.05) is 18.7 Å². The third kappa shape index (κ3) is 3.68. The predicted octanol–water partition coefficient (Wildman–Crippen LogP) is 0.461. The molecule has 7 heteroatoms. The standard InChI is InChI=1S/C13H21N3O3S/c1-8(2)3-9(6-17)14-12(19)11-7-20-13(15-11)16-4-10(18)5-16/h7-10,17-18H,3-6H2,1-2H3,(H,14,19). The number of rotatable bonds is 6. The summed E-state index contributed by atoms with van der Waals surface area (Å²) in [5.41, 5.74) is 0.369. The van der Waals surface area contributed by atoms with Gasteiger partial charge in [0.2, 0.25) is 0 Å². The molecule has 1 saturated heterocycles. The molecule has 112 valence electrons. The smallest absolute Gasteiger partial charge is 0.271 e. The van der Waals surface area contributed by atoms with Crippen LogP contribution in [-0.2, 0) is 0 Å². The maximum atomic E-state index is 12.1. The fraction of sp³-hybridized carbons (Fsp3) is 0.692. The van der Waals surface area contributed by atoms with Crippen molar-refractivity contribution in [3.8, 4) is 0 Å². The summed E-state index contributed by atoms with van der Waals surface area (Å²) in [5.74, 6) is 0.147.